The molecule has 1 aliphatic rings. The summed E-state index contributed by atoms with van der Waals surface area (Å²) in [4.78, 5) is 0. The van der Waals surface area contributed by atoms with Crippen LogP contribution in [-0.2, 0) is 6.54 Å². The van der Waals surface area contributed by atoms with Crippen molar-refractivity contribution in [1.29, 1.82) is 5.26 Å². The summed E-state index contributed by atoms with van der Waals surface area (Å²) in [7, 11) is 1.61. The third-order valence-corrected chi connectivity index (χ3v) is 2.89. The van der Waals surface area contributed by atoms with E-state index in [-0.39, 0.29) is 0 Å². The zero-order valence-corrected chi connectivity index (χ0v) is 10.8. The lowest BCUT2D eigenvalue weighted by Crippen LogP contribution is -2.15. The van der Waals surface area contributed by atoms with Gasteiger partial charge in [-0.15, -0.1) is 0 Å². The van der Waals surface area contributed by atoms with Crippen LogP contribution in [0, 0.1) is 11.3 Å². The molecule has 0 saturated heterocycles. The summed E-state index contributed by atoms with van der Waals surface area (Å²) in [6.07, 6.45) is 2.07. The molecule has 0 heterocycles. The first kappa shape index (κ1) is 12.7. The number of nitriles is 1. The first-order valence-corrected chi connectivity index (χ1v) is 6.19. The van der Waals surface area contributed by atoms with Crippen LogP contribution in [0.1, 0.15) is 25.3 Å². The lowest BCUT2D eigenvalue weighted by Gasteiger charge is -2.13. The molecule has 0 amide bonds. The van der Waals surface area contributed by atoms with E-state index in [2.05, 4.69) is 5.32 Å². The molecule has 1 aliphatic carbocycles. The van der Waals surface area contributed by atoms with E-state index < -0.39 is 6.10 Å². The molecule has 0 radical (unpaired) electrons. The van der Waals surface area contributed by atoms with Crippen molar-refractivity contribution in [2.45, 2.75) is 38.5 Å². The maximum absolute atomic E-state index is 8.74. The van der Waals surface area contributed by atoms with Gasteiger partial charge in [-0.2, -0.15) is 5.26 Å². The second-order valence-electron chi connectivity index (χ2n) is 4.53. The molecular weight excluding hydrogens is 228 g/mol. The van der Waals surface area contributed by atoms with Crippen LogP contribution in [0.4, 0.5) is 0 Å². The molecule has 1 unspecified atom stereocenters. The van der Waals surface area contributed by atoms with Gasteiger partial charge in [-0.25, -0.2) is 0 Å². The van der Waals surface area contributed by atoms with Gasteiger partial charge in [-0.3, -0.25) is 0 Å². The number of hydrogen-bond acceptors (Lipinski definition) is 4. The van der Waals surface area contributed by atoms with Crippen LogP contribution in [0.3, 0.4) is 0 Å². The molecule has 96 valence electrons. The SMILES string of the molecule is COc1cc(CNC2CC2)ccc1OC(C)C#N. The van der Waals surface area contributed by atoms with Gasteiger partial charge in [-0.05, 0) is 37.5 Å². The third-order valence-electron chi connectivity index (χ3n) is 2.89. The van der Waals surface area contributed by atoms with E-state index in [0.29, 0.717) is 17.5 Å². The lowest BCUT2D eigenvalue weighted by molar-refractivity contribution is 0.260. The van der Waals surface area contributed by atoms with Crippen molar-refractivity contribution < 1.29 is 9.47 Å². The van der Waals surface area contributed by atoms with Crippen molar-refractivity contribution in [1.82, 2.24) is 5.32 Å². The van der Waals surface area contributed by atoms with Crippen LogP contribution in [0.5, 0.6) is 11.5 Å². The molecule has 18 heavy (non-hydrogen) atoms. The molecule has 0 spiro atoms. The van der Waals surface area contributed by atoms with Crippen molar-refractivity contribution in [3.8, 4) is 17.6 Å². The topological polar surface area (TPSA) is 54.3 Å². The summed E-state index contributed by atoms with van der Waals surface area (Å²) in [6.45, 7) is 2.55. The van der Waals surface area contributed by atoms with Crippen LogP contribution < -0.4 is 14.8 Å². The van der Waals surface area contributed by atoms with Crippen LogP contribution in [0.15, 0.2) is 18.2 Å². The molecule has 2 rings (SSSR count). The molecule has 0 bridgehead atoms. The van der Waals surface area contributed by atoms with E-state index in [1.54, 1.807) is 14.0 Å². The Morgan fingerprint density at radius 2 is 2.22 bits per heavy atom. The Balaban J connectivity index is 2.04. The zero-order chi connectivity index (χ0) is 13.0. The second-order valence-corrected chi connectivity index (χ2v) is 4.53. The van der Waals surface area contributed by atoms with E-state index in [4.69, 9.17) is 14.7 Å². The van der Waals surface area contributed by atoms with Gasteiger partial charge in [0.15, 0.2) is 17.6 Å². The zero-order valence-electron chi connectivity index (χ0n) is 10.8. The number of ether oxygens (including phenoxy) is 2. The first-order valence-electron chi connectivity index (χ1n) is 6.19. The molecular formula is C14H18N2O2. The van der Waals surface area contributed by atoms with Gasteiger partial charge >= 0.3 is 0 Å². The Labute approximate surface area is 108 Å². The van der Waals surface area contributed by atoms with Crippen molar-refractivity contribution >= 4 is 0 Å². The highest BCUT2D eigenvalue weighted by Gasteiger charge is 2.20. The maximum atomic E-state index is 8.74. The van der Waals surface area contributed by atoms with Gasteiger partial charge in [-0.1, -0.05) is 6.07 Å². The van der Waals surface area contributed by atoms with Gasteiger partial charge in [0.2, 0.25) is 0 Å². The monoisotopic (exact) mass is 246 g/mol. The predicted molar refractivity (Wildman–Crippen MR) is 68.6 cm³/mol. The predicted octanol–water partition coefficient (Wildman–Crippen LogP) is 2.24. The number of methoxy groups -OCH3 is 1. The fourth-order valence-corrected chi connectivity index (χ4v) is 1.69. The molecule has 1 fully saturated rings. The highest BCUT2D eigenvalue weighted by atomic mass is 16.5. The van der Waals surface area contributed by atoms with Crippen LogP contribution in [0.25, 0.3) is 0 Å². The van der Waals surface area contributed by atoms with E-state index in [0.717, 1.165) is 12.1 Å². The minimum absolute atomic E-state index is 0.477. The Hall–Kier alpha value is -1.73. The number of rotatable bonds is 6. The molecule has 0 aliphatic heterocycles. The molecule has 4 heteroatoms. The smallest absolute Gasteiger partial charge is 0.181 e. The molecule has 1 atom stereocenters. The average molecular weight is 246 g/mol. The van der Waals surface area contributed by atoms with E-state index in [1.807, 2.05) is 24.3 Å². The summed E-state index contributed by atoms with van der Waals surface area (Å²) in [5.74, 6) is 1.29. The van der Waals surface area contributed by atoms with Crippen LogP contribution >= 0.6 is 0 Å². The fraction of sp³-hybridized carbons (Fsp3) is 0.500. The second kappa shape index (κ2) is 5.74. The van der Waals surface area contributed by atoms with E-state index >= 15 is 0 Å². The highest BCUT2D eigenvalue weighted by Crippen LogP contribution is 2.29. The molecule has 4 nitrogen and oxygen atoms in total. The van der Waals surface area contributed by atoms with Crippen molar-refractivity contribution in [2.24, 2.45) is 0 Å². The third kappa shape index (κ3) is 3.38. The maximum Gasteiger partial charge on any atom is 0.181 e. The van der Waals surface area contributed by atoms with Crippen molar-refractivity contribution in [3.63, 3.8) is 0 Å². The Kier molecular flexibility index (Phi) is 4.06. The van der Waals surface area contributed by atoms with Gasteiger partial charge in [0, 0.05) is 12.6 Å². The Morgan fingerprint density at radius 1 is 1.44 bits per heavy atom. The lowest BCUT2D eigenvalue weighted by atomic mass is 10.2. The minimum Gasteiger partial charge on any atom is -0.493 e. The van der Waals surface area contributed by atoms with E-state index in [9.17, 15) is 0 Å². The number of nitrogens with zero attached hydrogens (tertiary/aromatic N) is 1. The summed E-state index contributed by atoms with van der Waals surface area (Å²) in [5, 5.41) is 12.2. The normalized spacial score (nSPS) is 15.8. The molecule has 1 aromatic rings. The van der Waals surface area contributed by atoms with Gasteiger partial charge in [0.05, 0.1) is 7.11 Å². The molecule has 1 aromatic carbocycles. The average Bonchev–Trinajstić information content (AvgIpc) is 3.21. The van der Waals surface area contributed by atoms with Gasteiger partial charge < -0.3 is 14.8 Å². The van der Waals surface area contributed by atoms with Gasteiger partial charge in [0.25, 0.3) is 0 Å². The summed E-state index contributed by atoms with van der Waals surface area (Å²) < 4.78 is 10.8. The molecule has 1 saturated carbocycles. The Morgan fingerprint density at radius 3 is 2.83 bits per heavy atom. The van der Waals surface area contributed by atoms with Crippen molar-refractivity contribution in [3.05, 3.63) is 23.8 Å². The van der Waals surface area contributed by atoms with Gasteiger partial charge in [0.1, 0.15) is 6.07 Å². The molecule has 0 aromatic heterocycles. The van der Waals surface area contributed by atoms with E-state index in [1.165, 1.54) is 12.8 Å². The first-order chi connectivity index (χ1) is 8.72. The summed E-state index contributed by atoms with van der Waals surface area (Å²) in [6, 6.07) is 8.53. The summed E-state index contributed by atoms with van der Waals surface area (Å²) >= 11 is 0. The standard InChI is InChI=1S/C14H18N2O2/c1-10(8-15)18-13-6-3-11(7-14(13)17-2)9-16-12-4-5-12/h3,6-7,10,12,16H,4-5,9H2,1-2H3. The fourth-order valence-electron chi connectivity index (χ4n) is 1.69. The number of benzene rings is 1. The van der Waals surface area contributed by atoms with Crippen molar-refractivity contribution in [2.75, 3.05) is 7.11 Å². The number of hydrogen-bond donors (Lipinski definition) is 1. The quantitative estimate of drug-likeness (QED) is 0.836. The minimum atomic E-state index is -0.477. The van der Waals surface area contributed by atoms with Crippen LogP contribution in [-0.4, -0.2) is 19.3 Å². The highest BCUT2D eigenvalue weighted by molar-refractivity contribution is 5.43. The largest absolute Gasteiger partial charge is 0.493 e. The number of nitrogens with one attached hydrogen (secondary N) is 1. The molecule has 1 N–H and O–H groups in total. The summed E-state index contributed by atoms with van der Waals surface area (Å²) in [5.41, 5.74) is 1.16. The Bertz CT molecular complexity index is 450. The van der Waals surface area contributed by atoms with Crippen LogP contribution in [0.2, 0.25) is 0 Å².